The van der Waals surface area contributed by atoms with E-state index < -0.39 is 11.8 Å². The Kier molecular flexibility index (Phi) is 7.20. The molecule has 3 aromatic rings. The Morgan fingerprint density at radius 3 is 2.91 bits per heavy atom. The molecule has 2 saturated heterocycles. The Labute approximate surface area is 268 Å². The smallest absolute Gasteiger partial charge is 0.318 e. The van der Waals surface area contributed by atoms with Crippen LogP contribution in [-0.4, -0.2) is 92.6 Å². The molecule has 1 aromatic carbocycles. The standard InChI is InChI=1S/C34H42FN7O4/c1-39(2)31(44)28-14-24-19-40(11-5-13-42(24)38-28)30-26-20-46-34(10-3-6-22-7-8-25(43)15-27(22)34)17-29(26)36-32(37-30)45-21-33-9-4-12-41(33)18-23(35)16-33/h7-8,14-15,23,43H,3-6,9-13,16-21H2,1-2H3. The molecule has 2 aromatic heterocycles. The van der Waals surface area contributed by atoms with Crippen LogP contribution >= 0.6 is 0 Å². The van der Waals surface area contributed by atoms with Crippen molar-refractivity contribution in [2.75, 3.05) is 45.2 Å². The molecule has 2 fully saturated rings. The van der Waals surface area contributed by atoms with Crippen LogP contribution in [0.3, 0.4) is 0 Å². The van der Waals surface area contributed by atoms with Crippen LogP contribution in [0.1, 0.15) is 77.1 Å². The normalized spacial score (nSPS) is 27.1. The van der Waals surface area contributed by atoms with Crippen LogP contribution in [0.2, 0.25) is 0 Å². The molecule has 3 atom stereocenters. The van der Waals surface area contributed by atoms with Crippen molar-refractivity contribution in [2.45, 2.75) is 88.4 Å². The maximum atomic E-state index is 14.6. The largest absolute Gasteiger partial charge is 0.508 e. The van der Waals surface area contributed by atoms with Crippen LogP contribution in [0.4, 0.5) is 10.2 Å². The lowest BCUT2D eigenvalue weighted by Gasteiger charge is -2.43. The van der Waals surface area contributed by atoms with Gasteiger partial charge in [0.05, 0.1) is 35.7 Å². The summed E-state index contributed by atoms with van der Waals surface area (Å²) in [5, 5.41) is 15.0. The molecule has 1 spiro atoms. The number of carbonyl (C=O) groups is 1. The summed E-state index contributed by atoms with van der Waals surface area (Å²) in [6.07, 6.45) is 5.73. The van der Waals surface area contributed by atoms with Gasteiger partial charge in [0, 0.05) is 52.1 Å². The number of phenolic OH excluding ortho intramolecular Hbond substituents is 1. The van der Waals surface area contributed by atoms with Gasteiger partial charge in [-0.3, -0.25) is 14.4 Å². The van der Waals surface area contributed by atoms with E-state index in [2.05, 4.69) is 14.9 Å². The molecular weight excluding hydrogens is 589 g/mol. The van der Waals surface area contributed by atoms with Gasteiger partial charge in [0.1, 0.15) is 24.3 Å². The lowest BCUT2D eigenvalue weighted by molar-refractivity contribution is -0.0856. The lowest BCUT2D eigenvalue weighted by Crippen LogP contribution is -2.44. The fraction of sp³-hybridized carbons (Fsp3) is 0.588. The summed E-state index contributed by atoms with van der Waals surface area (Å²) < 4.78 is 29.7. The average Bonchev–Trinajstić information content (AvgIpc) is 3.66. The number of anilines is 1. The highest BCUT2D eigenvalue weighted by atomic mass is 19.1. The number of hydrogen-bond acceptors (Lipinski definition) is 9. The maximum Gasteiger partial charge on any atom is 0.318 e. The fourth-order valence-electron chi connectivity index (χ4n) is 8.51. The van der Waals surface area contributed by atoms with E-state index in [1.807, 2.05) is 22.9 Å². The maximum absolute atomic E-state index is 14.6. The van der Waals surface area contributed by atoms with Gasteiger partial charge in [0.2, 0.25) is 0 Å². The molecule has 11 nitrogen and oxygen atoms in total. The summed E-state index contributed by atoms with van der Waals surface area (Å²) in [6, 6.07) is 7.79. The minimum atomic E-state index is -0.838. The molecular formula is C34H42FN7O4. The van der Waals surface area contributed by atoms with E-state index in [1.54, 1.807) is 25.1 Å². The van der Waals surface area contributed by atoms with Crippen LogP contribution in [-0.2, 0) is 42.9 Å². The summed E-state index contributed by atoms with van der Waals surface area (Å²) >= 11 is 0. The van der Waals surface area contributed by atoms with E-state index in [-0.39, 0.29) is 17.2 Å². The molecule has 8 rings (SSSR count). The predicted octanol–water partition coefficient (Wildman–Crippen LogP) is 3.75. The van der Waals surface area contributed by atoms with Gasteiger partial charge in [-0.2, -0.15) is 15.1 Å². The van der Waals surface area contributed by atoms with Gasteiger partial charge in [-0.05, 0) is 74.4 Å². The number of aromatic nitrogens is 4. The molecule has 1 amide bonds. The summed E-state index contributed by atoms with van der Waals surface area (Å²) in [7, 11) is 3.47. The minimum Gasteiger partial charge on any atom is -0.508 e. The highest BCUT2D eigenvalue weighted by Crippen LogP contribution is 2.47. The van der Waals surface area contributed by atoms with Crippen molar-refractivity contribution < 1.29 is 23.8 Å². The first kappa shape index (κ1) is 29.6. The van der Waals surface area contributed by atoms with Gasteiger partial charge >= 0.3 is 6.01 Å². The highest BCUT2D eigenvalue weighted by molar-refractivity contribution is 5.92. The number of fused-ring (bicyclic) bond motifs is 5. The second-order valence-electron chi connectivity index (χ2n) is 14.0. The van der Waals surface area contributed by atoms with Gasteiger partial charge < -0.3 is 24.4 Å². The van der Waals surface area contributed by atoms with Crippen molar-refractivity contribution in [1.82, 2.24) is 29.5 Å². The molecule has 0 radical (unpaired) electrons. The van der Waals surface area contributed by atoms with Crippen molar-refractivity contribution in [3.05, 3.63) is 58.0 Å². The zero-order valence-electron chi connectivity index (χ0n) is 26.7. The predicted molar refractivity (Wildman–Crippen MR) is 168 cm³/mol. The zero-order chi connectivity index (χ0) is 31.6. The molecule has 0 bridgehead atoms. The van der Waals surface area contributed by atoms with Gasteiger partial charge in [-0.1, -0.05) is 6.07 Å². The number of nitrogens with zero attached hydrogens (tertiary/aromatic N) is 7. The van der Waals surface area contributed by atoms with Crippen molar-refractivity contribution in [1.29, 1.82) is 0 Å². The first-order chi connectivity index (χ1) is 22.2. The number of rotatable bonds is 5. The molecule has 1 aliphatic carbocycles. The van der Waals surface area contributed by atoms with Crippen LogP contribution in [0.15, 0.2) is 24.3 Å². The molecule has 12 heteroatoms. The van der Waals surface area contributed by atoms with Gasteiger partial charge in [0.15, 0.2) is 5.69 Å². The Balaban J connectivity index is 1.16. The van der Waals surface area contributed by atoms with Gasteiger partial charge in [0.25, 0.3) is 5.91 Å². The second kappa shape index (κ2) is 11.2. The molecule has 6 heterocycles. The van der Waals surface area contributed by atoms with Crippen molar-refractivity contribution in [3.8, 4) is 11.8 Å². The number of alkyl halides is 1. The molecule has 244 valence electrons. The van der Waals surface area contributed by atoms with Crippen LogP contribution in [0.5, 0.6) is 11.8 Å². The number of halogens is 1. The quantitative estimate of drug-likeness (QED) is 0.451. The van der Waals surface area contributed by atoms with Crippen LogP contribution < -0.4 is 9.64 Å². The van der Waals surface area contributed by atoms with E-state index >= 15 is 0 Å². The van der Waals surface area contributed by atoms with Gasteiger partial charge in [-0.25, -0.2) is 4.39 Å². The molecule has 0 saturated carbocycles. The van der Waals surface area contributed by atoms with E-state index in [0.29, 0.717) is 57.4 Å². The van der Waals surface area contributed by atoms with E-state index in [0.717, 1.165) is 79.9 Å². The highest BCUT2D eigenvalue weighted by Gasteiger charge is 2.50. The first-order valence-electron chi connectivity index (χ1n) is 16.6. The summed E-state index contributed by atoms with van der Waals surface area (Å²) in [6.45, 7) is 4.02. The van der Waals surface area contributed by atoms with Crippen LogP contribution in [0.25, 0.3) is 0 Å². The molecule has 3 unspecified atom stereocenters. The number of carbonyl (C=O) groups excluding carboxylic acids is 1. The zero-order valence-corrected chi connectivity index (χ0v) is 26.7. The van der Waals surface area contributed by atoms with Crippen molar-refractivity contribution in [2.24, 2.45) is 0 Å². The van der Waals surface area contributed by atoms with E-state index in [4.69, 9.17) is 19.4 Å². The number of benzene rings is 1. The summed E-state index contributed by atoms with van der Waals surface area (Å²) in [5.74, 6) is 0.883. The fourth-order valence-corrected chi connectivity index (χ4v) is 8.51. The number of phenols is 1. The lowest BCUT2D eigenvalue weighted by atomic mass is 9.75. The third kappa shape index (κ3) is 5.00. The SMILES string of the molecule is CN(C)C(=O)c1cc2n(n1)CCCN(c1nc(OCC34CCCN3CC(F)C4)nc3c1COC1(CCCc4ccc(O)cc41)C3)C2. The van der Waals surface area contributed by atoms with E-state index in [1.165, 1.54) is 5.56 Å². The van der Waals surface area contributed by atoms with Crippen LogP contribution in [0, 0.1) is 0 Å². The Morgan fingerprint density at radius 1 is 1.15 bits per heavy atom. The number of amides is 1. The number of hydrogen-bond donors (Lipinski definition) is 1. The Hall–Kier alpha value is -3.77. The monoisotopic (exact) mass is 631 g/mol. The van der Waals surface area contributed by atoms with Crippen molar-refractivity contribution >= 4 is 11.7 Å². The Morgan fingerprint density at radius 2 is 2.04 bits per heavy atom. The molecule has 4 aliphatic heterocycles. The molecule has 5 aliphatic rings. The van der Waals surface area contributed by atoms with Gasteiger partial charge in [-0.15, -0.1) is 0 Å². The number of ether oxygens (including phenoxy) is 2. The number of aromatic hydroxyl groups is 1. The molecule has 1 N–H and O–H groups in total. The average molecular weight is 632 g/mol. The third-order valence-electron chi connectivity index (χ3n) is 10.8. The minimum absolute atomic E-state index is 0.123. The topological polar surface area (TPSA) is 109 Å². The summed E-state index contributed by atoms with van der Waals surface area (Å²) in [5.41, 5.74) is 4.54. The molecule has 46 heavy (non-hydrogen) atoms. The Bertz CT molecular complexity index is 1680. The van der Waals surface area contributed by atoms with Crippen molar-refractivity contribution in [3.63, 3.8) is 0 Å². The first-order valence-corrected chi connectivity index (χ1v) is 16.6. The third-order valence-corrected chi connectivity index (χ3v) is 10.8. The second-order valence-corrected chi connectivity index (χ2v) is 14.0. The number of aryl methyl sites for hydroxylation is 2. The van der Waals surface area contributed by atoms with E-state index in [9.17, 15) is 14.3 Å². The summed E-state index contributed by atoms with van der Waals surface area (Å²) in [4.78, 5) is 28.8.